The van der Waals surface area contributed by atoms with E-state index in [4.69, 9.17) is 0 Å². The summed E-state index contributed by atoms with van der Waals surface area (Å²) in [4.78, 5) is 6.67. The summed E-state index contributed by atoms with van der Waals surface area (Å²) in [5, 5.41) is 9.69. The number of pyridine rings is 1. The largest absolute Gasteiger partial charge is 0.387 e. The van der Waals surface area contributed by atoms with Crippen LogP contribution in [0.3, 0.4) is 0 Å². The highest BCUT2D eigenvalue weighted by Gasteiger charge is 2.20. The maximum atomic E-state index is 9.69. The van der Waals surface area contributed by atoms with E-state index in [9.17, 15) is 5.11 Å². The second-order valence-electron chi connectivity index (χ2n) is 4.91. The molecule has 17 heavy (non-hydrogen) atoms. The third-order valence-corrected chi connectivity index (χ3v) is 3.78. The van der Waals surface area contributed by atoms with E-state index in [1.54, 1.807) is 0 Å². The van der Waals surface area contributed by atoms with Gasteiger partial charge >= 0.3 is 0 Å². The molecule has 0 saturated heterocycles. The summed E-state index contributed by atoms with van der Waals surface area (Å²) >= 11 is 0. The fraction of sp³-hybridized carbons (Fsp3) is 0.643. The smallest absolute Gasteiger partial charge is 0.0957 e. The normalized spacial score (nSPS) is 18.3. The first kappa shape index (κ1) is 12.4. The second kappa shape index (κ2) is 5.50. The van der Waals surface area contributed by atoms with Crippen molar-refractivity contribution >= 4 is 5.69 Å². The van der Waals surface area contributed by atoms with Gasteiger partial charge in [-0.3, -0.25) is 4.98 Å². The van der Waals surface area contributed by atoms with Crippen molar-refractivity contribution in [1.82, 2.24) is 4.98 Å². The molecular weight excluding hydrogens is 212 g/mol. The summed E-state index contributed by atoms with van der Waals surface area (Å²) in [6.07, 6.45) is 7.42. The molecular formula is C14H22N2O. The molecule has 0 aliphatic heterocycles. The number of rotatable bonds is 4. The van der Waals surface area contributed by atoms with Crippen LogP contribution < -0.4 is 4.90 Å². The molecule has 0 bridgehead atoms. The van der Waals surface area contributed by atoms with Crippen LogP contribution in [0.1, 0.15) is 50.8 Å². The predicted octanol–water partition coefficient (Wildman–Crippen LogP) is 2.90. The maximum Gasteiger partial charge on any atom is 0.0957 e. The molecule has 1 aliphatic carbocycles. The Morgan fingerprint density at radius 1 is 1.41 bits per heavy atom. The van der Waals surface area contributed by atoms with Crippen LogP contribution in [0.15, 0.2) is 18.3 Å². The summed E-state index contributed by atoms with van der Waals surface area (Å²) in [5.74, 6) is 0. The molecule has 1 saturated carbocycles. The van der Waals surface area contributed by atoms with Crippen LogP contribution >= 0.6 is 0 Å². The monoisotopic (exact) mass is 234 g/mol. The Kier molecular flexibility index (Phi) is 4.00. The molecule has 0 aromatic carbocycles. The fourth-order valence-corrected chi connectivity index (χ4v) is 2.51. The first-order valence-corrected chi connectivity index (χ1v) is 6.59. The molecule has 1 atom stereocenters. The highest BCUT2D eigenvalue weighted by molar-refractivity contribution is 5.45. The average Bonchev–Trinajstić information content (AvgIpc) is 2.91. The molecule has 1 heterocycles. The summed E-state index contributed by atoms with van der Waals surface area (Å²) in [7, 11) is 2.14. The number of anilines is 1. The Hall–Kier alpha value is -1.09. The van der Waals surface area contributed by atoms with Crippen molar-refractivity contribution in [3.63, 3.8) is 0 Å². The van der Waals surface area contributed by atoms with Gasteiger partial charge < -0.3 is 10.0 Å². The summed E-state index contributed by atoms with van der Waals surface area (Å²) < 4.78 is 0. The van der Waals surface area contributed by atoms with Gasteiger partial charge in [0, 0.05) is 13.1 Å². The lowest BCUT2D eigenvalue weighted by Crippen LogP contribution is -2.28. The van der Waals surface area contributed by atoms with Gasteiger partial charge in [0.05, 0.1) is 23.7 Å². The molecule has 94 valence electrons. The molecule has 2 rings (SSSR count). The summed E-state index contributed by atoms with van der Waals surface area (Å²) in [6.45, 7) is 1.96. The zero-order valence-electron chi connectivity index (χ0n) is 10.8. The SMILES string of the molecule is CC[C@H](O)c1ccc(N(C)C2CCCC2)cn1. The molecule has 1 aliphatic rings. The molecule has 3 heteroatoms. The minimum atomic E-state index is -0.430. The van der Waals surface area contributed by atoms with Crippen molar-refractivity contribution in [1.29, 1.82) is 0 Å². The summed E-state index contributed by atoms with van der Waals surface area (Å²) in [6, 6.07) is 4.67. The molecule has 1 aromatic rings. The molecule has 0 spiro atoms. The van der Waals surface area contributed by atoms with Gasteiger partial charge in [-0.1, -0.05) is 19.8 Å². The van der Waals surface area contributed by atoms with Crippen LogP contribution in [0.2, 0.25) is 0 Å². The van der Waals surface area contributed by atoms with Gasteiger partial charge in [0.25, 0.3) is 0 Å². The molecule has 1 N–H and O–H groups in total. The molecule has 3 nitrogen and oxygen atoms in total. The highest BCUT2D eigenvalue weighted by atomic mass is 16.3. The zero-order valence-corrected chi connectivity index (χ0v) is 10.8. The number of aliphatic hydroxyl groups is 1. The zero-order chi connectivity index (χ0) is 12.3. The Morgan fingerprint density at radius 3 is 2.65 bits per heavy atom. The van der Waals surface area contributed by atoms with Crippen molar-refractivity contribution < 1.29 is 5.11 Å². The fourth-order valence-electron chi connectivity index (χ4n) is 2.51. The Labute approximate surface area is 103 Å². The van der Waals surface area contributed by atoms with Gasteiger partial charge in [0.15, 0.2) is 0 Å². The lowest BCUT2D eigenvalue weighted by molar-refractivity contribution is 0.169. The van der Waals surface area contributed by atoms with Crippen molar-refractivity contribution in [3.05, 3.63) is 24.0 Å². The molecule has 1 fully saturated rings. The molecule has 0 unspecified atom stereocenters. The van der Waals surface area contributed by atoms with Crippen LogP contribution in [-0.4, -0.2) is 23.2 Å². The van der Waals surface area contributed by atoms with Crippen LogP contribution in [-0.2, 0) is 0 Å². The standard InChI is InChI=1S/C14H22N2O/c1-3-14(17)13-9-8-12(10-15-13)16(2)11-6-4-5-7-11/h8-11,14,17H,3-7H2,1-2H3/t14-/m0/s1. The van der Waals surface area contributed by atoms with E-state index in [0.717, 1.165) is 11.4 Å². The maximum absolute atomic E-state index is 9.69. The highest BCUT2D eigenvalue weighted by Crippen LogP contribution is 2.27. The quantitative estimate of drug-likeness (QED) is 0.870. The Morgan fingerprint density at radius 2 is 2.12 bits per heavy atom. The van der Waals surface area contributed by atoms with E-state index >= 15 is 0 Å². The van der Waals surface area contributed by atoms with Crippen molar-refractivity contribution in [2.24, 2.45) is 0 Å². The molecule has 1 aromatic heterocycles. The van der Waals surface area contributed by atoms with E-state index in [1.807, 2.05) is 19.2 Å². The number of nitrogens with zero attached hydrogens (tertiary/aromatic N) is 2. The third-order valence-electron chi connectivity index (χ3n) is 3.78. The first-order chi connectivity index (χ1) is 8.22. The predicted molar refractivity (Wildman–Crippen MR) is 70.1 cm³/mol. The van der Waals surface area contributed by atoms with Crippen molar-refractivity contribution in [3.8, 4) is 0 Å². The van der Waals surface area contributed by atoms with E-state index in [2.05, 4.69) is 23.0 Å². The number of hydrogen-bond acceptors (Lipinski definition) is 3. The van der Waals surface area contributed by atoms with Crippen LogP contribution in [0.25, 0.3) is 0 Å². The summed E-state index contributed by atoms with van der Waals surface area (Å²) in [5.41, 5.74) is 1.93. The lowest BCUT2D eigenvalue weighted by atomic mass is 10.1. The first-order valence-electron chi connectivity index (χ1n) is 6.59. The van der Waals surface area contributed by atoms with E-state index in [1.165, 1.54) is 25.7 Å². The van der Waals surface area contributed by atoms with Crippen LogP contribution in [0.5, 0.6) is 0 Å². The number of hydrogen-bond donors (Lipinski definition) is 1. The third kappa shape index (κ3) is 2.78. The number of aromatic nitrogens is 1. The van der Waals surface area contributed by atoms with Crippen molar-refractivity contribution in [2.75, 3.05) is 11.9 Å². The van der Waals surface area contributed by atoms with E-state index in [-0.39, 0.29) is 0 Å². The molecule has 0 radical (unpaired) electrons. The second-order valence-corrected chi connectivity index (χ2v) is 4.91. The van der Waals surface area contributed by atoms with Gasteiger partial charge in [-0.2, -0.15) is 0 Å². The van der Waals surface area contributed by atoms with E-state index in [0.29, 0.717) is 12.5 Å². The number of aliphatic hydroxyl groups excluding tert-OH is 1. The van der Waals surface area contributed by atoms with Crippen LogP contribution in [0, 0.1) is 0 Å². The minimum absolute atomic E-state index is 0.430. The van der Waals surface area contributed by atoms with E-state index < -0.39 is 6.10 Å². The van der Waals surface area contributed by atoms with Crippen LogP contribution in [0.4, 0.5) is 5.69 Å². The van der Waals surface area contributed by atoms with Gasteiger partial charge in [0.1, 0.15) is 0 Å². The average molecular weight is 234 g/mol. The van der Waals surface area contributed by atoms with Gasteiger partial charge in [-0.15, -0.1) is 0 Å². The van der Waals surface area contributed by atoms with Gasteiger partial charge in [0.2, 0.25) is 0 Å². The van der Waals surface area contributed by atoms with Gasteiger partial charge in [-0.05, 0) is 31.4 Å². The lowest BCUT2D eigenvalue weighted by Gasteiger charge is -2.26. The Balaban J connectivity index is 2.06. The van der Waals surface area contributed by atoms with Crippen molar-refractivity contribution in [2.45, 2.75) is 51.2 Å². The topological polar surface area (TPSA) is 36.4 Å². The Bertz CT molecular complexity index is 344. The van der Waals surface area contributed by atoms with Gasteiger partial charge in [-0.25, -0.2) is 0 Å². The molecule has 0 amide bonds. The minimum Gasteiger partial charge on any atom is -0.387 e.